The number of aryl methyl sites for hydroxylation is 2. The van der Waals surface area contributed by atoms with Crippen LogP contribution >= 0.6 is 23.1 Å². The summed E-state index contributed by atoms with van der Waals surface area (Å²) >= 11 is 3.03. The van der Waals surface area contributed by atoms with Crippen LogP contribution in [0.5, 0.6) is 0 Å². The fourth-order valence-corrected chi connectivity index (χ4v) is 5.09. The van der Waals surface area contributed by atoms with Crippen LogP contribution in [0, 0.1) is 19.7 Å². The van der Waals surface area contributed by atoms with Crippen molar-refractivity contribution in [3.05, 3.63) is 76.7 Å². The van der Waals surface area contributed by atoms with Gasteiger partial charge in [-0.3, -0.25) is 4.79 Å². The number of fused-ring (bicyclic) bond motifs is 1. The molecule has 2 aromatic carbocycles. The van der Waals surface area contributed by atoms with E-state index in [4.69, 9.17) is 0 Å². The number of Topliss-reactive ketones (excluding diaryl/α,β-unsaturated/α-hetero) is 1. The first kappa shape index (κ1) is 18.8. The van der Waals surface area contributed by atoms with Gasteiger partial charge in [-0.2, -0.15) is 0 Å². The largest absolute Gasteiger partial charge is 0.293 e. The summed E-state index contributed by atoms with van der Waals surface area (Å²) in [5.41, 5.74) is 3.22. The molecule has 0 aliphatic rings. The fourth-order valence-electron chi connectivity index (χ4n) is 3.11. The Balaban J connectivity index is 1.67. The zero-order chi connectivity index (χ0) is 19.7. The Labute approximate surface area is 170 Å². The Bertz CT molecular complexity index is 1170. The topological polar surface area (TPSA) is 42.9 Å². The zero-order valence-corrected chi connectivity index (χ0v) is 17.0. The molecule has 4 rings (SSSR count). The number of hydrogen-bond acceptors (Lipinski definition) is 5. The molecule has 0 N–H and O–H groups in total. The molecule has 6 heteroatoms. The second-order valence-electron chi connectivity index (χ2n) is 6.43. The molecule has 0 amide bonds. The first-order valence-corrected chi connectivity index (χ1v) is 10.6. The quantitative estimate of drug-likeness (QED) is 0.228. The van der Waals surface area contributed by atoms with Gasteiger partial charge in [0.2, 0.25) is 0 Å². The molecule has 140 valence electrons. The normalized spacial score (nSPS) is 11.1. The highest BCUT2D eigenvalue weighted by atomic mass is 32.2. The van der Waals surface area contributed by atoms with Crippen LogP contribution in [0.15, 0.2) is 59.9 Å². The van der Waals surface area contributed by atoms with Crippen molar-refractivity contribution < 1.29 is 9.18 Å². The second kappa shape index (κ2) is 7.81. The summed E-state index contributed by atoms with van der Waals surface area (Å²) in [6.07, 6.45) is 1.54. The first-order chi connectivity index (χ1) is 13.5. The van der Waals surface area contributed by atoms with Crippen molar-refractivity contribution in [1.29, 1.82) is 0 Å². The molecule has 0 radical (unpaired) electrons. The SMILES string of the molecule is Cc1cc(C(=O)CSc2ncnc3sc(C)c(-c4ccccc4)c23)ccc1F. The van der Waals surface area contributed by atoms with E-state index in [-0.39, 0.29) is 17.4 Å². The van der Waals surface area contributed by atoms with E-state index in [1.54, 1.807) is 30.7 Å². The average molecular weight is 409 g/mol. The van der Waals surface area contributed by atoms with Crippen molar-refractivity contribution in [1.82, 2.24) is 9.97 Å². The van der Waals surface area contributed by atoms with Gasteiger partial charge in [-0.25, -0.2) is 14.4 Å². The van der Waals surface area contributed by atoms with E-state index >= 15 is 0 Å². The third kappa shape index (κ3) is 3.57. The van der Waals surface area contributed by atoms with Gasteiger partial charge in [0.1, 0.15) is 22.0 Å². The molecule has 0 saturated heterocycles. The Kier molecular flexibility index (Phi) is 5.24. The lowest BCUT2D eigenvalue weighted by Crippen LogP contribution is -2.04. The molecular weight excluding hydrogens is 391 g/mol. The zero-order valence-electron chi connectivity index (χ0n) is 15.4. The van der Waals surface area contributed by atoms with Crippen LogP contribution in [0.2, 0.25) is 0 Å². The number of carbonyl (C=O) groups excluding carboxylic acids is 1. The molecule has 0 saturated carbocycles. The van der Waals surface area contributed by atoms with E-state index in [9.17, 15) is 9.18 Å². The highest BCUT2D eigenvalue weighted by molar-refractivity contribution is 8.00. The maximum absolute atomic E-state index is 13.5. The molecule has 0 atom stereocenters. The molecule has 0 aliphatic heterocycles. The average Bonchev–Trinajstić information content (AvgIpc) is 3.05. The van der Waals surface area contributed by atoms with Crippen molar-refractivity contribution in [2.75, 3.05) is 5.75 Å². The van der Waals surface area contributed by atoms with E-state index in [0.717, 1.165) is 26.4 Å². The number of thiophene rings is 1. The summed E-state index contributed by atoms with van der Waals surface area (Å²) in [6.45, 7) is 3.74. The molecule has 2 heterocycles. The molecule has 2 aromatic heterocycles. The second-order valence-corrected chi connectivity index (χ2v) is 8.60. The minimum Gasteiger partial charge on any atom is -0.293 e. The van der Waals surface area contributed by atoms with E-state index in [2.05, 4.69) is 29.0 Å². The van der Waals surface area contributed by atoms with Crippen molar-refractivity contribution in [3.8, 4) is 11.1 Å². The van der Waals surface area contributed by atoms with Crippen LogP contribution in [-0.4, -0.2) is 21.5 Å². The molecule has 0 aliphatic carbocycles. The lowest BCUT2D eigenvalue weighted by molar-refractivity contribution is 0.102. The number of hydrogen-bond donors (Lipinski definition) is 0. The third-order valence-corrected chi connectivity index (χ3v) is 6.51. The minimum atomic E-state index is -0.303. The van der Waals surface area contributed by atoms with Crippen molar-refractivity contribution >= 4 is 39.1 Å². The van der Waals surface area contributed by atoms with Crippen LogP contribution in [0.25, 0.3) is 21.3 Å². The number of benzene rings is 2. The highest BCUT2D eigenvalue weighted by Crippen LogP contribution is 2.41. The molecule has 0 unspecified atom stereocenters. The molecule has 0 fully saturated rings. The van der Waals surface area contributed by atoms with Gasteiger partial charge in [0.15, 0.2) is 5.78 Å². The van der Waals surface area contributed by atoms with Gasteiger partial charge in [0, 0.05) is 16.0 Å². The molecule has 3 nitrogen and oxygen atoms in total. The van der Waals surface area contributed by atoms with Crippen molar-refractivity contribution in [2.24, 2.45) is 0 Å². The standard InChI is InChI=1S/C22H17FN2OS2/c1-13-10-16(8-9-17(13)23)18(26)11-27-21-20-19(15-6-4-3-5-7-15)14(2)28-22(20)25-12-24-21/h3-10,12H,11H2,1-2H3. The number of halogens is 1. The van der Waals surface area contributed by atoms with Gasteiger partial charge in [-0.1, -0.05) is 42.1 Å². The van der Waals surface area contributed by atoms with Crippen LogP contribution in [0.3, 0.4) is 0 Å². The predicted octanol–water partition coefficient (Wildman–Crippen LogP) is 6.09. The monoisotopic (exact) mass is 408 g/mol. The smallest absolute Gasteiger partial charge is 0.173 e. The summed E-state index contributed by atoms with van der Waals surface area (Å²) < 4.78 is 13.5. The van der Waals surface area contributed by atoms with E-state index in [1.165, 1.54) is 28.8 Å². The third-order valence-electron chi connectivity index (χ3n) is 4.51. The van der Waals surface area contributed by atoms with E-state index in [1.807, 2.05) is 18.2 Å². The molecule has 0 bridgehead atoms. The van der Waals surface area contributed by atoms with Crippen LogP contribution in [-0.2, 0) is 0 Å². The van der Waals surface area contributed by atoms with E-state index < -0.39 is 0 Å². The summed E-state index contributed by atoms with van der Waals surface area (Å²) in [6, 6.07) is 14.6. The number of carbonyl (C=O) groups is 1. The van der Waals surface area contributed by atoms with E-state index in [0.29, 0.717) is 11.1 Å². The van der Waals surface area contributed by atoms with Gasteiger partial charge in [-0.05, 0) is 43.2 Å². The summed E-state index contributed by atoms with van der Waals surface area (Å²) in [7, 11) is 0. The number of nitrogens with zero attached hydrogens (tertiary/aromatic N) is 2. The Morgan fingerprint density at radius 3 is 2.64 bits per heavy atom. The van der Waals surface area contributed by atoms with Gasteiger partial charge in [-0.15, -0.1) is 11.3 Å². The van der Waals surface area contributed by atoms with Crippen LogP contribution in [0.1, 0.15) is 20.8 Å². The fraction of sp³-hybridized carbons (Fsp3) is 0.136. The number of thioether (sulfide) groups is 1. The maximum atomic E-state index is 13.5. The predicted molar refractivity (Wildman–Crippen MR) is 114 cm³/mol. The van der Waals surface area contributed by atoms with Crippen LogP contribution < -0.4 is 0 Å². The van der Waals surface area contributed by atoms with Gasteiger partial charge >= 0.3 is 0 Å². The summed E-state index contributed by atoms with van der Waals surface area (Å²) in [4.78, 5) is 23.6. The Morgan fingerprint density at radius 1 is 1.11 bits per heavy atom. The summed E-state index contributed by atoms with van der Waals surface area (Å²) in [5, 5.41) is 1.78. The van der Waals surface area contributed by atoms with Crippen molar-refractivity contribution in [2.45, 2.75) is 18.9 Å². The lowest BCUT2D eigenvalue weighted by atomic mass is 10.0. The van der Waals surface area contributed by atoms with Crippen LogP contribution in [0.4, 0.5) is 4.39 Å². The van der Waals surface area contributed by atoms with Crippen molar-refractivity contribution in [3.63, 3.8) is 0 Å². The maximum Gasteiger partial charge on any atom is 0.173 e. The number of rotatable bonds is 5. The minimum absolute atomic E-state index is 0.0481. The first-order valence-electron chi connectivity index (χ1n) is 8.76. The molecule has 28 heavy (non-hydrogen) atoms. The molecule has 4 aromatic rings. The van der Waals surface area contributed by atoms with Gasteiger partial charge in [0.25, 0.3) is 0 Å². The highest BCUT2D eigenvalue weighted by Gasteiger charge is 2.18. The number of ketones is 1. The molecule has 0 spiro atoms. The number of aromatic nitrogens is 2. The Morgan fingerprint density at radius 2 is 1.89 bits per heavy atom. The lowest BCUT2D eigenvalue weighted by Gasteiger charge is -2.07. The van der Waals surface area contributed by atoms with Gasteiger partial charge in [0.05, 0.1) is 11.1 Å². The van der Waals surface area contributed by atoms with Gasteiger partial charge < -0.3 is 0 Å². The Hall–Kier alpha value is -2.57. The summed E-state index contributed by atoms with van der Waals surface area (Å²) in [5.74, 6) is -0.114. The molecular formula is C22H17FN2OS2.